The second-order valence-electron chi connectivity index (χ2n) is 6.47. The Bertz CT molecular complexity index is 1100. The van der Waals surface area contributed by atoms with Crippen molar-refractivity contribution in [3.05, 3.63) is 72.8 Å². The number of hydrogen-bond acceptors (Lipinski definition) is 3. The first-order valence-electron chi connectivity index (χ1n) is 7.95. The van der Waals surface area contributed by atoms with Gasteiger partial charge in [-0.15, -0.1) is 0 Å². The molecule has 0 aliphatic carbocycles. The molecular formula is C20H14NO2P. The molecule has 24 heavy (non-hydrogen) atoms. The van der Waals surface area contributed by atoms with E-state index in [1.54, 1.807) is 0 Å². The third-order valence-corrected chi connectivity index (χ3v) is 8.85. The number of benzene rings is 4. The second kappa shape index (κ2) is 3.72. The Labute approximate surface area is 138 Å². The molecule has 0 saturated carbocycles. The van der Waals surface area contributed by atoms with Gasteiger partial charge in [-0.05, 0) is 0 Å². The monoisotopic (exact) mass is 331 g/mol. The van der Waals surface area contributed by atoms with Crippen molar-refractivity contribution in [3.8, 4) is 11.5 Å². The number of rotatable bonds is 0. The summed E-state index contributed by atoms with van der Waals surface area (Å²) in [7, 11) is -3.68. The number of hydrogen-bond donors (Lipinski definition) is 1. The summed E-state index contributed by atoms with van der Waals surface area (Å²) in [5.41, 5.74) is 7.14. The fraction of sp³-hybridized carbons (Fsp3) is 0. The Balaban J connectivity index is 1.82. The van der Waals surface area contributed by atoms with Crippen molar-refractivity contribution < 1.29 is 9.05 Å². The molecule has 1 spiro atoms. The fourth-order valence-corrected chi connectivity index (χ4v) is 8.01. The fourth-order valence-electron chi connectivity index (χ4n) is 4.17. The maximum absolute atomic E-state index is 7.14. The van der Waals surface area contributed by atoms with Gasteiger partial charge in [-0.3, -0.25) is 0 Å². The zero-order valence-corrected chi connectivity index (χ0v) is 13.7. The first-order valence-corrected chi connectivity index (χ1v) is 10.1. The molecule has 0 bridgehead atoms. The molecule has 4 heteroatoms. The normalized spacial score (nSPS) is 19.8. The van der Waals surface area contributed by atoms with Crippen LogP contribution in [0.1, 0.15) is 0 Å². The Morgan fingerprint density at radius 2 is 1.00 bits per heavy atom. The molecule has 2 heterocycles. The molecule has 6 rings (SSSR count). The van der Waals surface area contributed by atoms with E-state index in [1.165, 1.54) is 0 Å². The summed E-state index contributed by atoms with van der Waals surface area (Å²) in [4.78, 5) is 0. The molecule has 0 saturated heterocycles. The van der Waals surface area contributed by atoms with Crippen LogP contribution in [0.2, 0.25) is 0 Å². The minimum absolute atomic E-state index is 0.813. The number of nitrogens with two attached hydrogens (primary N) is 1. The molecule has 116 valence electrons. The third-order valence-electron chi connectivity index (χ3n) is 5.16. The van der Waals surface area contributed by atoms with Gasteiger partial charge < -0.3 is 0 Å². The average Bonchev–Trinajstić information content (AvgIpc) is 3.02. The molecule has 0 atom stereocenters. The predicted octanol–water partition coefficient (Wildman–Crippen LogP) is 3.99. The van der Waals surface area contributed by atoms with Crippen LogP contribution in [-0.4, -0.2) is 0 Å². The Morgan fingerprint density at radius 3 is 1.46 bits per heavy atom. The van der Waals surface area contributed by atoms with Crippen LogP contribution in [0, 0.1) is 0 Å². The zero-order chi connectivity index (χ0) is 16.0. The summed E-state index contributed by atoms with van der Waals surface area (Å²) < 4.78 is 13.0. The van der Waals surface area contributed by atoms with Crippen molar-refractivity contribution >= 4 is 39.4 Å². The van der Waals surface area contributed by atoms with Crippen molar-refractivity contribution in [2.75, 3.05) is 0 Å². The summed E-state index contributed by atoms with van der Waals surface area (Å²) in [6.45, 7) is 0. The van der Waals surface area contributed by atoms with E-state index in [-0.39, 0.29) is 0 Å². The number of fused-ring (bicyclic) bond motifs is 2. The summed E-state index contributed by atoms with van der Waals surface area (Å²) in [6.07, 6.45) is 0. The summed E-state index contributed by atoms with van der Waals surface area (Å²) in [6, 6.07) is 24.5. The van der Waals surface area contributed by atoms with Crippen LogP contribution in [0.25, 0.3) is 21.5 Å². The van der Waals surface area contributed by atoms with Gasteiger partial charge in [-0.2, -0.15) is 0 Å². The van der Waals surface area contributed by atoms with E-state index in [9.17, 15) is 0 Å². The van der Waals surface area contributed by atoms with E-state index in [1.807, 2.05) is 36.4 Å². The summed E-state index contributed by atoms with van der Waals surface area (Å²) in [5.74, 6) is 1.63. The third kappa shape index (κ3) is 1.22. The molecule has 0 radical (unpaired) electrons. The van der Waals surface area contributed by atoms with Crippen LogP contribution >= 0.6 is 7.21 Å². The predicted molar refractivity (Wildman–Crippen MR) is 99.5 cm³/mol. The van der Waals surface area contributed by atoms with Crippen molar-refractivity contribution in [1.82, 2.24) is 0 Å². The van der Waals surface area contributed by atoms with E-state index in [0.29, 0.717) is 0 Å². The Kier molecular flexibility index (Phi) is 1.98. The van der Waals surface area contributed by atoms with E-state index >= 15 is 0 Å². The van der Waals surface area contributed by atoms with Crippen LogP contribution < -0.4 is 25.2 Å². The van der Waals surface area contributed by atoms with Crippen LogP contribution in [0.15, 0.2) is 72.8 Å². The molecule has 2 aliphatic heterocycles. The van der Waals surface area contributed by atoms with Crippen LogP contribution in [0.3, 0.4) is 0 Å². The van der Waals surface area contributed by atoms with E-state index < -0.39 is 7.21 Å². The topological polar surface area (TPSA) is 44.5 Å². The van der Waals surface area contributed by atoms with E-state index in [0.717, 1.165) is 43.7 Å². The van der Waals surface area contributed by atoms with E-state index in [2.05, 4.69) is 36.4 Å². The molecular weight excluding hydrogens is 317 g/mol. The van der Waals surface area contributed by atoms with Gasteiger partial charge in [0, 0.05) is 0 Å². The van der Waals surface area contributed by atoms with Crippen molar-refractivity contribution in [2.45, 2.75) is 0 Å². The molecule has 0 amide bonds. The molecule has 2 N–H and O–H groups in total. The second-order valence-corrected chi connectivity index (χ2v) is 9.84. The summed E-state index contributed by atoms with van der Waals surface area (Å²) in [5, 5.41) is 6.37. The zero-order valence-electron chi connectivity index (χ0n) is 12.8. The van der Waals surface area contributed by atoms with Gasteiger partial charge in [-0.25, -0.2) is 0 Å². The molecule has 2 aliphatic rings. The van der Waals surface area contributed by atoms with Gasteiger partial charge in [0.05, 0.1) is 0 Å². The minimum atomic E-state index is -3.68. The summed E-state index contributed by atoms with van der Waals surface area (Å²) >= 11 is 0. The molecule has 0 unspecified atom stereocenters. The Morgan fingerprint density at radius 1 is 0.583 bits per heavy atom. The van der Waals surface area contributed by atoms with Gasteiger partial charge in [0.2, 0.25) is 0 Å². The SMILES string of the molecule is NP12(Oc3cccc4cccc1c34)Oc1cccc3cccc2c13. The molecule has 0 fully saturated rings. The van der Waals surface area contributed by atoms with Gasteiger partial charge >= 0.3 is 138 Å². The van der Waals surface area contributed by atoms with Crippen molar-refractivity contribution in [3.63, 3.8) is 0 Å². The van der Waals surface area contributed by atoms with Crippen LogP contribution in [0.5, 0.6) is 11.5 Å². The average molecular weight is 331 g/mol. The van der Waals surface area contributed by atoms with Gasteiger partial charge in [0.1, 0.15) is 0 Å². The van der Waals surface area contributed by atoms with Crippen LogP contribution in [-0.2, 0) is 0 Å². The molecule has 3 nitrogen and oxygen atoms in total. The van der Waals surface area contributed by atoms with Crippen molar-refractivity contribution in [2.24, 2.45) is 5.50 Å². The quantitative estimate of drug-likeness (QED) is 0.496. The molecule has 4 aromatic rings. The standard InChI is InChI=1S/C20H14NO2P/c21-24(17-11-3-7-13-5-1-9-15(22-24)19(13)17)18-12-4-8-14-6-2-10-16(23-24)20(14)18/h1-12H,21H2. The van der Waals surface area contributed by atoms with Gasteiger partial charge in [-0.1, -0.05) is 0 Å². The first-order chi connectivity index (χ1) is 11.7. The van der Waals surface area contributed by atoms with Gasteiger partial charge in [0.15, 0.2) is 0 Å². The van der Waals surface area contributed by atoms with Crippen LogP contribution in [0.4, 0.5) is 0 Å². The first kappa shape index (κ1) is 12.8. The Hall–Kier alpha value is -2.61. The molecule has 4 aromatic carbocycles. The van der Waals surface area contributed by atoms with Crippen molar-refractivity contribution in [1.29, 1.82) is 0 Å². The van der Waals surface area contributed by atoms with E-state index in [4.69, 9.17) is 14.6 Å². The molecule has 0 aromatic heterocycles. The maximum atomic E-state index is 7.14. The van der Waals surface area contributed by atoms with Gasteiger partial charge in [0.25, 0.3) is 0 Å².